The van der Waals surface area contributed by atoms with Crippen molar-refractivity contribution in [2.24, 2.45) is 0 Å². The fraction of sp³-hybridized carbons (Fsp3) is 0.250. The van der Waals surface area contributed by atoms with E-state index in [0.29, 0.717) is 11.1 Å². The molecule has 1 saturated heterocycles. The Hall–Kier alpha value is -3.55. The molecule has 1 aliphatic heterocycles. The lowest BCUT2D eigenvalue weighted by Gasteiger charge is -2.22. The van der Waals surface area contributed by atoms with Gasteiger partial charge in [-0.2, -0.15) is 0 Å². The maximum atomic E-state index is 12.9. The Balaban J connectivity index is 1.84. The number of amides is 3. The number of nitro groups is 1. The number of hydrogen-bond donors (Lipinski definition) is 1. The van der Waals surface area contributed by atoms with Gasteiger partial charge in [0.15, 0.2) is 5.78 Å². The van der Waals surface area contributed by atoms with E-state index >= 15 is 0 Å². The zero-order valence-corrected chi connectivity index (χ0v) is 15.7. The summed E-state index contributed by atoms with van der Waals surface area (Å²) in [5, 5.41) is 13.4. The lowest BCUT2D eigenvalue weighted by Crippen LogP contribution is -2.41. The van der Waals surface area contributed by atoms with Crippen LogP contribution < -0.4 is 5.32 Å². The van der Waals surface area contributed by atoms with Crippen LogP contribution in [-0.2, 0) is 10.3 Å². The molecule has 0 bridgehead atoms. The number of imide groups is 1. The molecular formula is C20H19N3O5. The van der Waals surface area contributed by atoms with Gasteiger partial charge in [-0.25, -0.2) is 4.79 Å². The first kappa shape index (κ1) is 19.2. The van der Waals surface area contributed by atoms with Crippen molar-refractivity contribution in [2.75, 3.05) is 6.54 Å². The molecule has 1 heterocycles. The van der Waals surface area contributed by atoms with Gasteiger partial charge in [-0.15, -0.1) is 0 Å². The van der Waals surface area contributed by atoms with Gasteiger partial charge in [0.1, 0.15) is 5.54 Å². The third kappa shape index (κ3) is 3.24. The summed E-state index contributed by atoms with van der Waals surface area (Å²) in [5.74, 6) is -0.918. The van der Waals surface area contributed by atoms with Crippen LogP contribution >= 0.6 is 0 Å². The van der Waals surface area contributed by atoms with E-state index in [-0.39, 0.29) is 18.0 Å². The van der Waals surface area contributed by atoms with E-state index in [1.165, 1.54) is 31.2 Å². The van der Waals surface area contributed by atoms with E-state index in [1.54, 1.807) is 19.1 Å². The summed E-state index contributed by atoms with van der Waals surface area (Å²) in [4.78, 5) is 49.1. The van der Waals surface area contributed by atoms with E-state index in [1.807, 2.05) is 13.0 Å². The number of carbonyl (C=O) groups is 3. The fourth-order valence-electron chi connectivity index (χ4n) is 3.31. The molecule has 144 valence electrons. The van der Waals surface area contributed by atoms with Crippen molar-refractivity contribution >= 4 is 23.4 Å². The Kier molecular flexibility index (Phi) is 4.72. The van der Waals surface area contributed by atoms with E-state index in [4.69, 9.17) is 0 Å². The highest BCUT2D eigenvalue weighted by Gasteiger charge is 2.49. The SMILES string of the molecule is Cc1ccc(C(=O)CN2C(=O)N[C@](C)(c3ccc([N+](=O)[O-])cc3)C2=O)c(C)c1. The second-order valence-corrected chi connectivity index (χ2v) is 6.99. The first-order valence-corrected chi connectivity index (χ1v) is 8.63. The molecule has 3 rings (SSSR count). The Morgan fingerprint density at radius 2 is 1.79 bits per heavy atom. The predicted molar refractivity (Wildman–Crippen MR) is 101 cm³/mol. The number of benzene rings is 2. The molecule has 0 saturated carbocycles. The van der Waals surface area contributed by atoms with Gasteiger partial charge in [0, 0.05) is 17.7 Å². The summed E-state index contributed by atoms with van der Waals surface area (Å²) in [7, 11) is 0. The quantitative estimate of drug-likeness (QED) is 0.371. The highest BCUT2D eigenvalue weighted by atomic mass is 16.6. The number of rotatable bonds is 5. The number of aryl methyl sites for hydroxylation is 2. The van der Waals surface area contributed by atoms with E-state index in [9.17, 15) is 24.5 Å². The number of ketones is 1. The van der Waals surface area contributed by atoms with Crippen LogP contribution in [0.2, 0.25) is 0 Å². The van der Waals surface area contributed by atoms with Gasteiger partial charge in [0.2, 0.25) is 0 Å². The number of carbonyl (C=O) groups excluding carboxylic acids is 3. The molecule has 2 aromatic carbocycles. The van der Waals surface area contributed by atoms with Crippen LogP contribution in [-0.4, -0.2) is 34.1 Å². The third-order valence-corrected chi connectivity index (χ3v) is 4.91. The van der Waals surface area contributed by atoms with Crippen molar-refractivity contribution in [1.82, 2.24) is 10.2 Å². The standard InChI is InChI=1S/C20H19N3O5/c1-12-4-9-16(13(2)10-12)17(24)11-22-18(25)20(3,21-19(22)26)14-5-7-15(8-6-14)23(27)28/h4-10H,11H2,1-3H3,(H,21,26)/t20-/m1/s1. The molecule has 0 spiro atoms. The van der Waals surface area contributed by atoms with Crippen LogP contribution in [0.5, 0.6) is 0 Å². The van der Waals surface area contributed by atoms with Gasteiger partial charge in [-0.05, 0) is 44.0 Å². The molecular weight excluding hydrogens is 362 g/mol. The van der Waals surface area contributed by atoms with Gasteiger partial charge >= 0.3 is 6.03 Å². The minimum Gasteiger partial charge on any atom is -0.319 e. The summed E-state index contributed by atoms with van der Waals surface area (Å²) in [6.45, 7) is 4.84. The summed E-state index contributed by atoms with van der Waals surface area (Å²) in [5.41, 5.74) is 1.12. The summed E-state index contributed by atoms with van der Waals surface area (Å²) >= 11 is 0. The molecule has 1 N–H and O–H groups in total. The molecule has 3 amide bonds. The summed E-state index contributed by atoms with van der Waals surface area (Å²) < 4.78 is 0. The molecule has 1 atom stereocenters. The minimum absolute atomic E-state index is 0.119. The molecule has 0 radical (unpaired) electrons. The van der Waals surface area contributed by atoms with Crippen molar-refractivity contribution in [2.45, 2.75) is 26.3 Å². The molecule has 1 fully saturated rings. The van der Waals surface area contributed by atoms with Gasteiger partial charge < -0.3 is 5.32 Å². The number of non-ortho nitro benzene ring substituents is 1. The molecule has 0 aliphatic carbocycles. The third-order valence-electron chi connectivity index (χ3n) is 4.91. The highest BCUT2D eigenvalue weighted by molar-refractivity contribution is 6.11. The summed E-state index contributed by atoms with van der Waals surface area (Å²) in [6, 6.07) is 10.0. The van der Waals surface area contributed by atoms with Crippen LogP contribution in [0.3, 0.4) is 0 Å². The zero-order chi connectivity index (χ0) is 20.6. The normalized spacial score (nSPS) is 18.9. The Labute approximate surface area is 161 Å². The number of hydrogen-bond acceptors (Lipinski definition) is 5. The first-order chi connectivity index (χ1) is 13.1. The van der Waals surface area contributed by atoms with Crippen LogP contribution in [0.25, 0.3) is 0 Å². The number of nitrogens with zero attached hydrogens (tertiary/aromatic N) is 2. The van der Waals surface area contributed by atoms with Gasteiger partial charge in [0.25, 0.3) is 11.6 Å². The van der Waals surface area contributed by atoms with Crippen molar-refractivity contribution in [3.8, 4) is 0 Å². The largest absolute Gasteiger partial charge is 0.325 e. The van der Waals surface area contributed by atoms with Gasteiger partial charge in [-0.1, -0.05) is 23.8 Å². The van der Waals surface area contributed by atoms with E-state index in [2.05, 4.69) is 5.32 Å². The van der Waals surface area contributed by atoms with Crippen molar-refractivity contribution in [3.05, 3.63) is 74.8 Å². The fourth-order valence-corrected chi connectivity index (χ4v) is 3.31. The van der Waals surface area contributed by atoms with Crippen molar-refractivity contribution < 1.29 is 19.3 Å². The monoisotopic (exact) mass is 381 g/mol. The van der Waals surface area contributed by atoms with Crippen LogP contribution in [0.15, 0.2) is 42.5 Å². The maximum Gasteiger partial charge on any atom is 0.325 e. The Bertz CT molecular complexity index is 999. The zero-order valence-electron chi connectivity index (χ0n) is 15.7. The van der Waals surface area contributed by atoms with Crippen molar-refractivity contribution in [1.29, 1.82) is 0 Å². The smallest absolute Gasteiger partial charge is 0.319 e. The second-order valence-electron chi connectivity index (χ2n) is 6.99. The summed E-state index contributed by atoms with van der Waals surface area (Å²) in [6.07, 6.45) is 0. The van der Waals surface area contributed by atoms with Gasteiger partial charge in [0.05, 0.1) is 11.5 Å². The highest BCUT2D eigenvalue weighted by Crippen LogP contribution is 2.30. The maximum absolute atomic E-state index is 12.9. The number of urea groups is 1. The second kappa shape index (κ2) is 6.88. The molecule has 0 aromatic heterocycles. The van der Waals surface area contributed by atoms with Crippen LogP contribution in [0.4, 0.5) is 10.5 Å². The topological polar surface area (TPSA) is 110 Å². The first-order valence-electron chi connectivity index (χ1n) is 8.63. The lowest BCUT2D eigenvalue weighted by atomic mass is 9.92. The Morgan fingerprint density at radius 1 is 1.14 bits per heavy atom. The predicted octanol–water partition coefficient (Wildman–Crippen LogP) is 2.86. The average Bonchev–Trinajstić information content (AvgIpc) is 2.85. The minimum atomic E-state index is -1.39. The van der Waals surface area contributed by atoms with Crippen LogP contribution in [0.1, 0.15) is 34.0 Å². The average molecular weight is 381 g/mol. The molecule has 1 aliphatic rings. The molecule has 8 heteroatoms. The molecule has 2 aromatic rings. The van der Waals surface area contributed by atoms with E-state index in [0.717, 1.165) is 16.0 Å². The molecule has 28 heavy (non-hydrogen) atoms. The Morgan fingerprint density at radius 3 is 2.36 bits per heavy atom. The number of Topliss-reactive ketones (excluding diaryl/α,β-unsaturated/α-hetero) is 1. The van der Waals surface area contributed by atoms with Crippen molar-refractivity contribution in [3.63, 3.8) is 0 Å². The molecule has 8 nitrogen and oxygen atoms in total. The van der Waals surface area contributed by atoms with Gasteiger partial charge in [-0.3, -0.25) is 24.6 Å². The molecule has 0 unspecified atom stereocenters. The van der Waals surface area contributed by atoms with Crippen LogP contribution in [0, 0.1) is 24.0 Å². The number of nitro benzene ring substituents is 1. The lowest BCUT2D eigenvalue weighted by molar-refractivity contribution is -0.384. The van der Waals surface area contributed by atoms with E-state index < -0.39 is 22.4 Å². The number of nitrogens with one attached hydrogen (secondary N) is 1.